The molecule has 1 unspecified atom stereocenters. The number of nitrogens with zero attached hydrogens (tertiary/aromatic N) is 4. The Labute approximate surface area is 337 Å². The molecule has 0 spiro atoms. The molecular formula is C42H50N6O9S. The van der Waals surface area contributed by atoms with Gasteiger partial charge in [0.1, 0.15) is 29.2 Å². The van der Waals surface area contributed by atoms with Crippen LogP contribution >= 0.6 is 0 Å². The van der Waals surface area contributed by atoms with E-state index in [4.69, 9.17) is 19.2 Å². The van der Waals surface area contributed by atoms with Crippen molar-refractivity contribution >= 4 is 44.6 Å². The zero-order valence-electron chi connectivity index (χ0n) is 33.1. The Hall–Kier alpha value is -5.09. The maximum atomic E-state index is 14.9. The third kappa shape index (κ3) is 7.75. The molecule has 0 radical (unpaired) electrons. The molecule has 2 saturated heterocycles. The lowest BCUT2D eigenvalue weighted by Gasteiger charge is -2.36. The first-order chi connectivity index (χ1) is 27.7. The van der Waals surface area contributed by atoms with E-state index < -0.39 is 67.9 Å². The number of rotatable bonds is 12. The quantitative estimate of drug-likeness (QED) is 0.256. The minimum absolute atomic E-state index is 0.00613. The van der Waals surface area contributed by atoms with E-state index >= 15 is 0 Å². The Balaban J connectivity index is 1.12. The summed E-state index contributed by atoms with van der Waals surface area (Å²) in [5.41, 5.74) is 0.649. The molecule has 3 aliphatic heterocycles. The Morgan fingerprint density at radius 2 is 1.86 bits per heavy atom. The van der Waals surface area contributed by atoms with Crippen LogP contribution in [0.5, 0.6) is 11.5 Å². The van der Waals surface area contributed by atoms with Gasteiger partial charge in [0.25, 0.3) is 5.91 Å². The monoisotopic (exact) mass is 814 g/mol. The molecule has 2 N–H and O–H groups in total. The summed E-state index contributed by atoms with van der Waals surface area (Å²) in [5.74, 6) is -2.11. The van der Waals surface area contributed by atoms with Gasteiger partial charge in [-0.15, -0.1) is 6.58 Å². The molecule has 2 saturated carbocycles. The van der Waals surface area contributed by atoms with Gasteiger partial charge in [-0.25, -0.2) is 13.4 Å². The van der Waals surface area contributed by atoms with E-state index in [1.165, 1.54) is 11.0 Å². The van der Waals surface area contributed by atoms with Crippen LogP contribution in [0.1, 0.15) is 58.4 Å². The number of fused-ring (bicyclic) bond motifs is 3. The average molecular weight is 815 g/mol. The fourth-order valence-electron chi connectivity index (χ4n) is 8.34. The summed E-state index contributed by atoms with van der Waals surface area (Å²) in [7, 11) is -3.91. The first kappa shape index (κ1) is 39.7. The molecule has 5 aliphatic rings. The van der Waals surface area contributed by atoms with Crippen molar-refractivity contribution < 1.29 is 41.8 Å². The van der Waals surface area contributed by atoms with Crippen LogP contribution in [0.15, 0.2) is 55.3 Å². The van der Waals surface area contributed by atoms with Crippen molar-refractivity contribution in [1.29, 1.82) is 0 Å². The summed E-state index contributed by atoms with van der Waals surface area (Å²) in [4.78, 5) is 69.4. The van der Waals surface area contributed by atoms with Gasteiger partial charge in [-0.05, 0) is 48.9 Å². The lowest BCUT2D eigenvalue weighted by molar-refractivity contribution is -0.149. The highest BCUT2D eigenvalue weighted by Gasteiger charge is 2.62. The lowest BCUT2D eigenvalue weighted by atomic mass is 9.77. The number of pyridine rings is 2. The molecule has 16 heteroatoms. The van der Waals surface area contributed by atoms with Crippen molar-refractivity contribution in [2.24, 2.45) is 17.3 Å². The zero-order valence-corrected chi connectivity index (χ0v) is 33.9. The fourth-order valence-corrected chi connectivity index (χ4v) is 9.70. The highest BCUT2D eigenvalue weighted by molar-refractivity contribution is 7.91. The van der Waals surface area contributed by atoms with Gasteiger partial charge in [-0.1, -0.05) is 32.9 Å². The number of hydrogen-bond acceptors (Lipinski definition) is 11. The van der Waals surface area contributed by atoms with Gasteiger partial charge in [-0.2, -0.15) is 0 Å². The highest BCUT2D eigenvalue weighted by atomic mass is 32.2. The minimum atomic E-state index is -3.91. The molecule has 4 amide bonds. The number of aromatic nitrogens is 2. The number of carbonyl (C=O) groups is 4. The first-order valence-corrected chi connectivity index (χ1v) is 21.6. The van der Waals surface area contributed by atoms with Crippen molar-refractivity contribution in [3.8, 4) is 22.9 Å². The Bertz CT molecular complexity index is 2250. The van der Waals surface area contributed by atoms with Crippen LogP contribution in [-0.2, 0) is 40.4 Å². The number of sulfonamides is 1. The van der Waals surface area contributed by atoms with E-state index in [2.05, 4.69) is 21.6 Å². The number of nitrogens with one attached hydrogen (secondary N) is 2. The second kappa shape index (κ2) is 15.3. The zero-order chi connectivity index (χ0) is 41.0. The van der Waals surface area contributed by atoms with Gasteiger partial charge in [-0.3, -0.25) is 28.9 Å². The molecule has 15 nitrogen and oxygen atoms in total. The van der Waals surface area contributed by atoms with E-state index in [-0.39, 0.29) is 31.7 Å². The van der Waals surface area contributed by atoms with Crippen molar-refractivity contribution in [2.45, 2.75) is 82.2 Å². The highest BCUT2D eigenvalue weighted by Crippen LogP contribution is 2.46. The smallest absolute Gasteiger partial charge is 0.259 e. The molecular weight excluding hydrogens is 765 g/mol. The molecule has 1 aromatic carbocycles. The number of carbonyl (C=O) groups excluding carboxylic acids is 4. The number of amides is 4. The van der Waals surface area contributed by atoms with Crippen LogP contribution in [0, 0.1) is 17.3 Å². The largest absolute Gasteiger partial charge is 0.493 e. The second-order valence-corrected chi connectivity index (χ2v) is 19.0. The molecule has 308 valence electrons. The topological polar surface area (TPSA) is 186 Å². The van der Waals surface area contributed by atoms with Gasteiger partial charge >= 0.3 is 0 Å². The minimum Gasteiger partial charge on any atom is -0.493 e. The Kier molecular flexibility index (Phi) is 10.4. The van der Waals surface area contributed by atoms with Gasteiger partial charge in [0, 0.05) is 61.5 Å². The van der Waals surface area contributed by atoms with Crippen LogP contribution < -0.4 is 19.5 Å². The summed E-state index contributed by atoms with van der Waals surface area (Å²) in [6.07, 6.45) is 4.24. The average Bonchev–Trinajstić information content (AvgIpc) is 4.09. The van der Waals surface area contributed by atoms with Crippen LogP contribution in [-0.4, -0.2) is 114 Å². The summed E-state index contributed by atoms with van der Waals surface area (Å²) < 4.78 is 45.9. The number of morpholine rings is 1. The van der Waals surface area contributed by atoms with Crippen LogP contribution in [0.25, 0.3) is 22.3 Å². The lowest BCUT2D eigenvalue weighted by Crippen LogP contribution is -2.57. The van der Waals surface area contributed by atoms with Crippen LogP contribution in [0.2, 0.25) is 0 Å². The molecule has 4 fully saturated rings. The van der Waals surface area contributed by atoms with Gasteiger partial charge in [0.2, 0.25) is 27.7 Å². The van der Waals surface area contributed by atoms with Crippen molar-refractivity contribution in [1.82, 2.24) is 29.8 Å². The van der Waals surface area contributed by atoms with Crippen molar-refractivity contribution in [3.05, 3.63) is 60.8 Å². The predicted octanol–water partition coefficient (Wildman–Crippen LogP) is 3.16. The number of ether oxygens (including phenoxy) is 3. The summed E-state index contributed by atoms with van der Waals surface area (Å²) in [6, 6.07) is 10.0. The normalized spacial score (nSPS) is 24.7. The SMILES string of the molecule is C=CC1C[C@]1(NC(=O)[C@@H]1C[C@@H](Oc2cc(-c3ccccn3)nc3c4c(ccc23)OCC4)CN1C(=O)[C@@H](CC(=O)N1CCOCC1)C(C)(C)C)C(=O)NS(=O)(=O)C1CC1. The summed E-state index contributed by atoms with van der Waals surface area (Å²) >= 11 is 0. The number of benzene rings is 1. The van der Waals surface area contributed by atoms with E-state index in [9.17, 15) is 27.6 Å². The van der Waals surface area contributed by atoms with E-state index in [1.54, 1.807) is 11.1 Å². The first-order valence-electron chi connectivity index (χ1n) is 20.0. The number of likely N-dealkylation sites (tertiary alicyclic amines) is 1. The van der Waals surface area contributed by atoms with Crippen molar-refractivity contribution in [2.75, 3.05) is 39.5 Å². The summed E-state index contributed by atoms with van der Waals surface area (Å²) in [6.45, 7) is 11.7. The van der Waals surface area contributed by atoms with Crippen LogP contribution in [0.4, 0.5) is 0 Å². The van der Waals surface area contributed by atoms with E-state index in [0.29, 0.717) is 74.8 Å². The number of hydrogen-bond donors (Lipinski definition) is 2. The van der Waals surface area contributed by atoms with E-state index in [1.807, 2.05) is 57.2 Å². The van der Waals surface area contributed by atoms with E-state index in [0.717, 1.165) is 16.7 Å². The Morgan fingerprint density at radius 3 is 2.53 bits per heavy atom. The Morgan fingerprint density at radius 1 is 1.09 bits per heavy atom. The standard InChI is InChI=1S/C42H50N6O9S/c1-5-25-23-42(25,40(52)46-58(53,54)27-9-10-27)45-38(50)33-20-26(24-48(33)39(51)30(41(2,3)4)21-36(49)47-15-18-55-19-16-47)57-35-22-32(31-8-6-7-14-43-31)44-37-28(35)11-12-34-29(37)13-17-56-34/h5-8,11-12,14,22,25-27,30,33H,1,9-10,13,15-21,23-24H2,2-4H3,(H,45,50)(H,46,52)/t25?,26-,30-,33+,42-/m1/s1. The molecule has 5 heterocycles. The third-order valence-electron chi connectivity index (χ3n) is 12.0. The maximum absolute atomic E-state index is 14.9. The van der Waals surface area contributed by atoms with Gasteiger partial charge in [0.05, 0.1) is 54.4 Å². The third-order valence-corrected chi connectivity index (χ3v) is 13.8. The van der Waals surface area contributed by atoms with Gasteiger partial charge in [0.15, 0.2) is 0 Å². The van der Waals surface area contributed by atoms with Gasteiger partial charge < -0.3 is 29.3 Å². The molecule has 58 heavy (non-hydrogen) atoms. The molecule has 0 bridgehead atoms. The molecule has 5 atom stereocenters. The molecule has 8 rings (SSSR count). The summed E-state index contributed by atoms with van der Waals surface area (Å²) in [5, 5.41) is 2.95. The molecule has 2 aromatic heterocycles. The predicted molar refractivity (Wildman–Crippen MR) is 213 cm³/mol. The fraction of sp³-hybridized carbons (Fsp3) is 0.524. The molecule has 3 aromatic rings. The maximum Gasteiger partial charge on any atom is 0.259 e. The molecule has 2 aliphatic carbocycles. The van der Waals surface area contributed by atoms with Crippen molar-refractivity contribution in [3.63, 3.8) is 0 Å². The van der Waals surface area contributed by atoms with Crippen LogP contribution in [0.3, 0.4) is 0 Å². The second-order valence-electron chi connectivity index (χ2n) is 17.0.